The molecule has 0 aliphatic heterocycles. The van der Waals surface area contributed by atoms with Crippen molar-refractivity contribution in [1.82, 2.24) is 0 Å². The van der Waals surface area contributed by atoms with Gasteiger partial charge in [0.1, 0.15) is 10.3 Å². The van der Waals surface area contributed by atoms with Crippen molar-refractivity contribution in [1.29, 1.82) is 5.26 Å². The van der Waals surface area contributed by atoms with E-state index in [2.05, 4.69) is 15.9 Å². The predicted octanol–water partition coefficient (Wildman–Crippen LogP) is 4.11. The Morgan fingerprint density at radius 1 is 1.32 bits per heavy atom. The van der Waals surface area contributed by atoms with E-state index in [0.717, 1.165) is 23.2 Å². The summed E-state index contributed by atoms with van der Waals surface area (Å²) in [5.74, 6) is 0. The number of hydrogen-bond acceptors (Lipinski definition) is 4. The molecule has 0 N–H and O–H groups in total. The van der Waals surface area contributed by atoms with Crippen molar-refractivity contribution in [2.75, 3.05) is 6.26 Å². The minimum absolute atomic E-state index is 0.0758. The third-order valence-electron chi connectivity index (χ3n) is 2.41. The molecular weight excluding hydrogens is 370 g/mol. The zero-order valence-electron chi connectivity index (χ0n) is 9.65. The first-order valence-corrected chi connectivity index (χ1v) is 8.91. The molecule has 1 aromatic heterocycles. The Balaban J connectivity index is 2.75. The maximum absolute atomic E-state index is 11.7. The van der Waals surface area contributed by atoms with Crippen molar-refractivity contribution in [3.8, 4) is 17.2 Å². The zero-order chi connectivity index (χ0) is 14.2. The van der Waals surface area contributed by atoms with Gasteiger partial charge >= 0.3 is 0 Å². The molecule has 1 heterocycles. The maximum Gasteiger partial charge on any atom is 0.186 e. The Labute approximate surface area is 128 Å². The third-order valence-corrected chi connectivity index (χ3v) is 6.36. The van der Waals surface area contributed by atoms with E-state index in [0.29, 0.717) is 14.4 Å². The summed E-state index contributed by atoms with van der Waals surface area (Å²) in [7, 11) is -3.42. The summed E-state index contributed by atoms with van der Waals surface area (Å²) in [6.45, 7) is 0. The molecular formula is C12H7BrClNO2S2. The first-order valence-electron chi connectivity index (χ1n) is 5.03. The van der Waals surface area contributed by atoms with E-state index < -0.39 is 9.84 Å². The van der Waals surface area contributed by atoms with Gasteiger partial charge in [-0.05, 0) is 33.6 Å². The lowest BCUT2D eigenvalue weighted by molar-refractivity contribution is 0.603. The molecule has 0 atom stereocenters. The van der Waals surface area contributed by atoms with Gasteiger partial charge in [-0.25, -0.2) is 8.42 Å². The van der Waals surface area contributed by atoms with Crippen molar-refractivity contribution in [3.05, 3.63) is 38.6 Å². The van der Waals surface area contributed by atoms with Gasteiger partial charge < -0.3 is 0 Å². The highest BCUT2D eigenvalue weighted by atomic mass is 79.9. The Morgan fingerprint density at radius 3 is 2.37 bits per heavy atom. The molecule has 0 fully saturated rings. The molecule has 0 aliphatic rings. The maximum atomic E-state index is 11.7. The second-order valence-corrected chi connectivity index (χ2v) is 8.79. The second-order valence-electron chi connectivity index (χ2n) is 3.80. The molecule has 0 bridgehead atoms. The molecule has 0 aliphatic carbocycles. The average Bonchev–Trinajstić information content (AvgIpc) is 2.67. The van der Waals surface area contributed by atoms with Crippen LogP contribution in [0.4, 0.5) is 0 Å². The van der Waals surface area contributed by atoms with Crippen LogP contribution in [0.1, 0.15) is 5.56 Å². The summed E-state index contributed by atoms with van der Waals surface area (Å²) in [6, 6.07) is 8.87. The smallest absolute Gasteiger partial charge is 0.186 e. The van der Waals surface area contributed by atoms with Gasteiger partial charge in [-0.3, -0.25) is 0 Å². The van der Waals surface area contributed by atoms with Crippen LogP contribution in [-0.4, -0.2) is 14.7 Å². The van der Waals surface area contributed by atoms with Crippen LogP contribution in [0.3, 0.4) is 0 Å². The fourth-order valence-corrected chi connectivity index (χ4v) is 5.09. The van der Waals surface area contributed by atoms with Crippen LogP contribution in [0.2, 0.25) is 5.02 Å². The van der Waals surface area contributed by atoms with Gasteiger partial charge in [-0.15, -0.1) is 11.3 Å². The average molecular weight is 377 g/mol. The van der Waals surface area contributed by atoms with E-state index in [1.807, 2.05) is 6.07 Å². The van der Waals surface area contributed by atoms with E-state index in [-0.39, 0.29) is 9.77 Å². The van der Waals surface area contributed by atoms with Crippen LogP contribution in [0.25, 0.3) is 11.1 Å². The van der Waals surface area contributed by atoms with Crippen LogP contribution < -0.4 is 0 Å². The van der Waals surface area contributed by atoms with Gasteiger partial charge in [0.15, 0.2) is 9.84 Å². The highest BCUT2D eigenvalue weighted by molar-refractivity contribution is 9.11. The van der Waals surface area contributed by atoms with Gasteiger partial charge in [-0.1, -0.05) is 23.7 Å². The molecule has 0 unspecified atom stereocenters. The Kier molecular flexibility index (Phi) is 4.02. The fraction of sp³-hybridized carbons (Fsp3) is 0.0833. The van der Waals surface area contributed by atoms with Gasteiger partial charge in [0.05, 0.1) is 9.35 Å². The number of hydrogen-bond donors (Lipinski definition) is 0. The molecule has 0 spiro atoms. The number of rotatable bonds is 2. The zero-order valence-corrected chi connectivity index (χ0v) is 13.6. The highest BCUT2D eigenvalue weighted by Gasteiger charge is 2.24. The number of sulfone groups is 1. The largest absolute Gasteiger partial charge is 0.223 e. The van der Waals surface area contributed by atoms with Crippen molar-refractivity contribution >= 4 is 48.7 Å². The Hall–Kier alpha value is -0.870. The standard InChI is InChI=1S/C12H7BrClNO2S2/c1-19(16,17)12-9(6-15)10(11(13)18-12)7-2-4-8(14)5-3-7/h2-5H,1H3. The van der Waals surface area contributed by atoms with Gasteiger partial charge in [0.25, 0.3) is 0 Å². The highest BCUT2D eigenvalue weighted by Crippen LogP contribution is 2.42. The monoisotopic (exact) mass is 375 g/mol. The summed E-state index contributed by atoms with van der Waals surface area (Å²) < 4.78 is 24.1. The minimum atomic E-state index is -3.42. The number of thiophene rings is 1. The van der Waals surface area contributed by atoms with Crippen LogP contribution in [0.15, 0.2) is 32.3 Å². The SMILES string of the molecule is CS(=O)(=O)c1sc(Br)c(-c2ccc(Cl)cc2)c1C#N. The fourth-order valence-electron chi connectivity index (χ4n) is 1.62. The summed E-state index contributed by atoms with van der Waals surface area (Å²) in [5.41, 5.74) is 1.50. The van der Waals surface area contributed by atoms with Crippen molar-refractivity contribution in [2.45, 2.75) is 4.21 Å². The van der Waals surface area contributed by atoms with Crippen molar-refractivity contribution < 1.29 is 8.42 Å². The molecule has 0 saturated carbocycles. The molecule has 98 valence electrons. The minimum Gasteiger partial charge on any atom is -0.223 e. The molecule has 3 nitrogen and oxygen atoms in total. The quantitative estimate of drug-likeness (QED) is 0.792. The molecule has 0 radical (unpaired) electrons. The van der Waals surface area contributed by atoms with Crippen LogP contribution in [0, 0.1) is 11.3 Å². The van der Waals surface area contributed by atoms with Crippen LogP contribution in [0.5, 0.6) is 0 Å². The van der Waals surface area contributed by atoms with E-state index in [4.69, 9.17) is 11.6 Å². The predicted molar refractivity (Wildman–Crippen MR) is 80.3 cm³/mol. The Morgan fingerprint density at radius 2 is 1.89 bits per heavy atom. The van der Waals surface area contributed by atoms with Gasteiger partial charge in [-0.2, -0.15) is 5.26 Å². The summed E-state index contributed by atoms with van der Waals surface area (Å²) in [5, 5.41) is 9.82. The van der Waals surface area contributed by atoms with Crippen LogP contribution in [-0.2, 0) is 9.84 Å². The van der Waals surface area contributed by atoms with Gasteiger partial charge in [0.2, 0.25) is 0 Å². The topological polar surface area (TPSA) is 57.9 Å². The summed E-state index contributed by atoms with van der Waals surface area (Å²) in [4.78, 5) is 0. The molecule has 19 heavy (non-hydrogen) atoms. The number of nitriles is 1. The van der Waals surface area contributed by atoms with E-state index in [1.165, 1.54) is 0 Å². The Bertz CT molecular complexity index is 773. The number of halogens is 2. The lowest BCUT2D eigenvalue weighted by Crippen LogP contribution is -1.96. The van der Waals surface area contributed by atoms with Crippen LogP contribution >= 0.6 is 38.9 Å². The third kappa shape index (κ3) is 2.84. The van der Waals surface area contributed by atoms with Crippen molar-refractivity contribution in [3.63, 3.8) is 0 Å². The first-order chi connectivity index (χ1) is 8.84. The molecule has 1 aromatic carbocycles. The second kappa shape index (κ2) is 5.25. The molecule has 2 rings (SSSR count). The molecule has 2 aromatic rings. The van der Waals surface area contributed by atoms with Gasteiger partial charge in [0, 0.05) is 16.8 Å². The molecule has 7 heteroatoms. The first kappa shape index (κ1) is 14.5. The number of nitrogens with zero attached hydrogens (tertiary/aromatic N) is 1. The summed E-state index contributed by atoms with van der Waals surface area (Å²) in [6.07, 6.45) is 1.09. The van der Waals surface area contributed by atoms with E-state index in [1.54, 1.807) is 24.3 Å². The normalized spacial score (nSPS) is 11.3. The lowest BCUT2D eigenvalue weighted by Gasteiger charge is -2.01. The lowest BCUT2D eigenvalue weighted by atomic mass is 10.1. The van der Waals surface area contributed by atoms with E-state index in [9.17, 15) is 13.7 Å². The molecule has 0 saturated heterocycles. The molecule has 0 amide bonds. The summed E-state index contributed by atoms with van der Waals surface area (Å²) >= 11 is 10.2. The van der Waals surface area contributed by atoms with E-state index >= 15 is 0 Å². The number of benzene rings is 1. The van der Waals surface area contributed by atoms with Crippen molar-refractivity contribution in [2.24, 2.45) is 0 Å².